The predicted octanol–water partition coefficient (Wildman–Crippen LogP) is 4.61. The molecule has 0 saturated heterocycles. The molecule has 18 heavy (non-hydrogen) atoms. The lowest BCUT2D eigenvalue weighted by molar-refractivity contribution is 0.158. The molecule has 0 radical (unpaired) electrons. The Hall–Kier alpha value is -0.930. The van der Waals surface area contributed by atoms with Crippen molar-refractivity contribution in [1.29, 1.82) is 0 Å². The second-order valence-corrected chi connectivity index (χ2v) is 5.41. The van der Waals surface area contributed by atoms with Crippen LogP contribution in [0.3, 0.4) is 0 Å². The van der Waals surface area contributed by atoms with Crippen molar-refractivity contribution in [2.75, 3.05) is 0 Å². The first-order chi connectivity index (χ1) is 8.72. The van der Waals surface area contributed by atoms with Crippen LogP contribution in [0.5, 0.6) is 0 Å². The molecule has 1 N–H and O–H groups in total. The van der Waals surface area contributed by atoms with E-state index >= 15 is 0 Å². The molecule has 2 aromatic rings. The van der Waals surface area contributed by atoms with Crippen LogP contribution in [0.15, 0.2) is 34.8 Å². The van der Waals surface area contributed by atoms with Crippen molar-refractivity contribution in [3.63, 3.8) is 0 Å². The lowest BCUT2D eigenvalue weighted by atomic mass is 10.1. The first-order valence-corrected chi connectivity index (χ1v) is 7.25. The smallest absolute Gasteiger partial charge is 0.0971 e. The minimum Gasteiger partial charge on any atom is -0.387 e. The van der Waals surface area contributed by atoms with Gasteiger partial charge >= 0.3 is 0 Å². The number of hydrogen-bond donors (Lipinski definition) is 1. The molecule has 2 nitrogen and oxygen atoms in total. The maximum Gasteiger partial charge on any atom is 0.0971 e. The number of aliphatic hydroxyl groups excluding tert-OH is 1. The van der Waals surface area contributed by atoms with Gasteiger partial charge in [0, 0.05) is 9.86 Å². The molecular weight excluding hydrogens is 290 g/mol. The Balaban J connectivity index is 2.24. The third kappa shape index (κ3) is 3.09. The number of rotatable bonds is 5. The van der Waals surface area contributed by atoms with Crippen molar-refractivity contribution in [3.05, 3.63) is 40.5 Å². The van der Waals surface area contributed by atoms with Crippen molar-refractivity contribution in [2.24, 2.45) is 0 Å². The van der Waals surface area contributed by atoms with Gasteiger partial charge in [-0.15, -0.1) is 0 Å². The van der Waals surface area contributed by atoms with E-state index in [9.17, 15) is 5.11 Å². The topological polar surface area (TPSA) is 33.1 Å². The van der Waals surface area contributed by atoms with Crippen LogP contribution in [-0.2, 0) is 0 Å². The molecule has 1 heterocycles. The van der Waals surface area contributed by atoms with Crippen LogP contribution in [0.1, 0.15) is 44.4 Å². The second-order valence-electron chi connectivity index (χ2n) is 4.56. The summed E-state index contributed by atoms with van der Waals surface area (Å²) in [4.78, 5) is 4.56. The highest BCUT2D eigenvalue weighted by Gasteiger charge is 2.13. The summed E-state index contributed by atoms with van der Waals surface area (Å²) in [6.07, 6.45) is 3.66. The quantitative estimate of drug-likeness (QED) is 0.818. The Morgan fingerprint density at radius 3 is 2.83 bits per heavy atom. The summed E-state index contributed by atoms with van der Waals surface area (Å²) in [5.41, 5.74) is 1.69. The van der Waals surface area contributed by atoms with Gasteiger partial charge in [-0.25, -0.2) is 4.98 Å². The maximum absolute atomic E-state index is 10.2. The van der Waals surface area contributed by atoms with Crippen LogP contribution in [0.25, 0.3) is 10.9 Å². The minimum atomic E-state index is -0.476. The summed E-state index contributed by atoms with van der Waals surface area (Å²) in [6.45, 7) is 2.16. The Labute approximate surface area is 116 Å². The van der Waals surface area contributed by atoms with E-state index in [1.54, 1.807) is 0 Å². The number of aliphatic hydroxyl groups is 1. The summed E-state index contributed by atoms with van der Waals surface area (Å²) in [5, 5.41) is 11.3. The van der Waals surface area contributed by atoms with Gasteiger partial charge < -0.3 is 5.11 Å². The van der Waals surface area contributed by atoms with Gasteiger partial charge in [0.2, 0.25) is 0 Å². The largest absolute Gasteiger partial charge is 0.387 e. The van der Waals surface area contributed by atoms with Crippen molar-refractivity contribution >= 4 is 26.8 Å². The van der Waals surface area contributed by atoms with E-state index < -0.39 is 6.10 Å². The lowest BCUT2D eigenvalue weighted by Gasteiger charge is -2.12. The van der Waals surface area contributed by atoms with Crippen molar-refractivity contribution in [2.45, 2.75) is 38.7 Å². The first kappa shape index (κ1) is 13.5. The van der Waals surface area contributed by atoms with Gasteiger partial charge in [-0.1, -0.05) is 44.4 Å². The molecule has 0 spiro atoms. The van der Waals surface area contributed by atoms with Crippen LogP contribution in [0.4, 0.5) is 0 Å². The van der Waals surface area contributed by atoms with E-state index in [2.05, 4.69) is 27.8 Å². The zero-order chi connectivity index (χ0) is 13.0. The number of benzene rings is 1. The van der Waals surface area contributed by atoms with Gasteiger partial charge in [0.05, 0.1) is 17.3 Å². The van der Waals surface area contributed by atoms with Gasteiger partial charge in [-0.2, -0.15) is 0 Å². The van der Waals surface area contributed by atoms with Crippen LogP contribution in [-0.4, -0.2) is 10.1 Å². The number of para-hydroxylation sites is 1. The Morgan fingerprint density at radius 2 is 2.06 bits per heavy atom. The van der Waals surface area contributed by atoms with Gasteiger partial charge in [0.15, 0.2) is 0 Å². The van der Waals surface area contributed by atoms with Crippen molar-refractivity contribution in [3.8, 4) is 0 Å². The molecule has 0 saturated carbocycles. The van der Waals surface area contributed by atoms with E-state index in [0.29, 0.717) is 0 Å². The Bertz CT molecular complexity index is 527. The van der Waals surface area contributed by atoms with E-state index in [4.69, 9.17) is 0 Å². The van der Waals surface area contributed by atoms with E-state index in [1.165, 1.54) is 6.42 Å². The summed E-state index contributed by atoms with van der Waals surface area (Å²) >= 11 is 3.50. The number of hydrogen-bond acceptors (Lipinski definition) is 2. The fraction of sp³-hybridized carbons (Fsp3) is 0.400. The molecule has 1 aromatic carbocycles. The number of pyridine rings is 1. The summed E-state index contributed by atoms with van der Waals surface area (Å²) < 4.78 is 0.894. The molecule has 2 rings (SSSR count). The molecule has 0 amide bonds. The molecule has 3 heteroatoms. The molecule has 0 fully saturated rings. The van der Waals surface area contributed by atoms with Crippen LogP contribution in [0.2, 0.25) is 0 Å². The number of aromatic nitrogens is 1. The third-order valence-electron chi connectivity index (χ3n) is 3.10. The molecule has 0 aliphatic carbocycles. The second kappa shape index (κ2) is 6.30. The number of unbranched alkanes of at least 4 members (excludes halogenated alkanes) is 2. The molecule has 0 bridgehead atoms. The lowest BCUT2D eigenvalue weighted by Crippen LogP contribution is -2.02. The van der Waals surface area contributed by atoms with Gasteiger partial charge in [-0.3, -0.25) is 0 Å². The molecule has 1 atom stereocenters. The predicted molar refractivity (Wildman–Crippen MR) is 78.5 cm³/mol. The number of nitrogens with zero attached hydrogens (tertiary/aromatic N) is 1. The summed E-state index contributed by atoms with van der Waals surface area (Å²) in [7, 11) is 0. The van der Waals surface area contributed by atoms with Crippen LogP contribution in [0, 0.1) is 0 Å². The highest BCUT2D eigenvalue weighted by atomic mass is 79.9. The van der Waals surface area contributed by atoms with Crippen LogP contribution < -0.4 is 0 Å². The molecular formula is C15H18BrNO. The monoisotopic (exact) mass is 307 g/mol. The van der Waals surface area contributed by atoms with Crippen molar-refractivity contribution < 1.29 is 5.11 Å². The van der Waals surface area contributed by atoms with Gasteiger partial charge in [-0.05, 0) is 34.5 Å². The van der Waals surface area contributed by atoms with Crippen LogP contribution >= 0.6 is 15.9 Å². The Kier molecular flexibility index (Phi) is 4.72. The van der Waals surface area contributed by atoms with E-state index in [0.717, 1.165) is 40.3 Å². The third-order valence-corrected chi connectivity index (χ3v) is 3.74. The molecule has 0 aliphatic rings. The Morgan fingerprint density at radius 1 is 1.28 bits per heavy atom. The SMILES string of the molecule is CCCCC[C@@H](O)c1nc2ccccc2cc1Br. The van der Waals surface area contributed by atoms with Gasteiger partial charge in [0.1, 0.15) is 0 Å². The highest BCUT2D eigenvalue weighted by molar-refractivity contribution is 9.10. The van der Waals surface area contributed by atoms with Crippen molar-refractivity contribution in [1.82, 2.24) is 4.98 Å². The number of halogens is 1. The molecule has 96 valence electrons. The average Bonchev–Trinajstić information content (AvgIpc) is 2.38. The fourth-order valence-corrected chi connectivity index (χ4v) is 2.66. The van der Waals surface area contributed by atoms with Gasteiger partial charge in [0.25, 0.3) is 0 Å². The number of fused-ring (bicyclic) bond motifs is 1. The molecule has 1 aromatic heterocycles. The summed E-state index contributed by atoms with van der Waals surface area (Å²) in [5.74, 6) is 0. The van der Waals surface area contributed by atoms with E-state index in [-0.39, 0.29) is 0 Å². The standard InChI is InChI=1S/C15H18BrNO/c1-2-3-4-9-14(18)15-12(16)10-11-7-5-6-8-13(11)17-15/h5-8,10,14,18H,2-4,9H2,1H3/t14-/m1/s1. The normalized spacial score (nSPS) is 12.8. The zero-order valence-corrected chi connectivity index (χ0v) is 12.2. The highest BCUT2D eigenvalue weighted by Crippen LogP contribution is 2.28. The molecule has 0 aliphatic heterocycles. The zero-order valence-electron chi connectivity index (χ0n) is 10.6. The minimum absolute atomic E-state index is 0.476. The first-order valence-electron chi connectivity index (χ1n) is 6.45. The summed E-state index contributed by atoms with van der Waals surface area (Å²) in [6, 6.07) is 10.00. The van der Waals surface area contributed by atoms with E-state index in [1.807, 2.05) is 30.3 Å². The average molecular weight is 308 g/mol. The maximum atomic E-state index is 10.2. The molecule has 0 unspecified atom stereocenters. The fourth-order valence-electron chi connectivity index (χ4n) is 2.06.